The Bertz CT molecular complexity index is 1250. The van der Waals surface area contributed by atoms with E-state index in [1.807, 2.05) is 0 Å². The molecule has 0 bridgehead atoms. The van der Waals surface area contributed by atoms with Crippen LogP contribution >= 0.6 is 0 Å². The van der Waals surface area contributed by atoms with Gasteiger partial charge in [-0.2, -0.15) is 0 Å². The summed E-state index contributed by atoms with van der Waals surface area (Å²) in [6.07, 6.45) is 2.50. The van der Waals surface area contributed by atoms with Crippen LogP contribution in [0, 0.1) is 13.8 Å². The van der Waals surface area contributed by atoms with Crippen LogP contribution in [0.2, 0.25) is 5.32 Å². The molecule has 0 aromatic heterocycles. The molecule has 0 aliphatic heterocycles. The van der Waals surface area contributed by atoms with Gasteiger partial charge in [-0.1, -0.05) is 0 Å². The van der Waals surface area contributed by atoms with Crippen LogP contribution in [0.3, 0.4) is 0 Å². The molecule has 0 saturated heterocycles. The van der Waals surface area contributed by atoms with Crippen molar-refractivity contribution in [2.45, 2.75) is 51.3 Å². The molecule has 0 atom stereocenters. The zero-order valence-corrected chi connectivity index (χ0v) is 20.5. The first-order valence-corrected chi connectivity index (χ1v) is 13.4. The number of hydrogen-bond donors (Lipinski definition) is 0. The van der Waals surface area contributed by atoms with Gasteiger partial charge in [-0.3, -0.25) is 0 Å². The molecule has 1 nitrogen and oxygen atoms in total. The Morgan fingerprint density at radius 1 is 0.806 bits per heavy atom. The average molecular weight is 471 g/mol. The monoisotopic (exact) mass is 471 g/mol. The SMILES string of the molecule is CCCC[Se]C(=Nc1c(C)cccc1C)C1(C)c2cccc3ccc4cccc1c4c23. The van der Waals surface area contributed by atoms with Gasteiger partial charge in [-0.25, -0.2) is 0 Å². The predicted octanol–water partition coefficient (Wildman–Crippen LogP) is 7.88. The maximum atomic E-state index is 5.48. The van der Waals surface area contributed by atoms with E-state index in [1.165, 1.54) is 66.6 Å². The Balaban J connectivity index is 1.80. The molecule has 0 fully saturated rings. The summed E-state index contributed by atoms with van der Waals surface area (Å²) in [5.41, 5.74) is 6.37. The summed E-state index contributed by atoms with van der Waals surface area (Å²) in [6.45, 7) is 9.09. The van der Waals surface area contributed by atoms with Crippen LogP contribution in [0.15, 0.2) is 71.7 Å². The van der Waals surface area contributed by atoms with E-state index in [0.29, 0.717) is 15.0 Å². The first kappa shape index (κ1) is 20.5. The van der Waals surface area contributed by atoms with Gasteiger partial charge in [0.25, 0.3) is 0 Å². The Kier molecular flexibility index (Phi) is 5.24. The topological polar surface area (TPSA) is 12.4 Å². The first-order valence-electron chi connectivity index (χ1n) is 11.3. The van der Waals surface area contributed by atoms with Crippen molar-refractivity contribution in [2.24, 2.45) is 4.99 Å². The summed E-state index contributed by atoms with van der Waals surface area (Å²) >= 11 is 0.339. The molecule has 0 spiro atoms. The Morgan fingerprint density at radius 2 is 1.35 bits per heavy atom. The summed E-state index contributed by atoms with van der Waals surface area (Å²) in [5.74, 6) is 0. The van der Waals surface area contributed by atoms with E-state index < -0.39 is 0 Å². The van der Waals surface area contributed by atoms with Crippen molar-refractivity contribution in [3.63, 3.8) is 0 Å². The summed E-state index contributed by atoms with van der Waals surface area (Å²) in [7, 11) is 0. The Labute approximate surface area is 191 Å². The van der Waals surface area contributed by atoms with Crippen LogP contribution < -0.4 is 0 Å². The second-order valence-electron chi connectivity index (χ2n) is 8.86. The van der Waals surface area contributed by atoms with Crippen LogP contribution in [-0.2, 0) is 5.41 Å². The second-order valence-corrected chi connectivity index (χ2v) is 11.1. The average Bonchev–Trinajstić information content (AvgIpc) is 3.05. The zero-order valence-electron chi connectivity index (χ0n) is 18.8. The molecular weight excluding hydrogens is 441 g/mol. The standard InChI is InChI=1S/C29H29NSe/c1-5-6-18-31-28(30-27-19(2)10-7-11-20(27)3)29(4)23-14-8-12-21-16-17-22-13-9-15-24(29)26(22)25(21)23/h7-17H,5-6,18H2,1-4H3. The third kappa shape index (κ3) is 3.16. The van der Waals surface area contributed by atoms with Crippen molar-refractivity contribution in [1.82, 2.24) is 0 Å². The summed E-state index contributed by atoms with van der Waals surface area (Å²) in [4.78, 5) is 5.48. The van der Waals surface area contributed by atoms with Crippen molar-refractivity contribution in [1.29, 1.82) is 0 Å². The Morgan fingerprint density at radius 3 is 1.90 bits per heavy atom. The molecule has 4 aromatic rings. The van der Waals surface area contributed by atoms with E-state index in [9.17, 15) is 0 Å². The second kappa shape index (κ2) is 7.93. The molecular formula is C29H29NSe. The van der Waals surface area contributed by atoms with Crippen LogP contribution in [0.25, 0.3) is 21.5 Å². The van der Waals surface area contributed by atoms with Gasteiger partial charge in [0.1, 0.15) is 0 Å². The van der Waals surface area contributed by atoms with Gasteiger partial charge in [0, 0.05) is 0 Å². The number of para-hydroxylation sites is 1. The van der Waals surface area contributed by atoms with Crippen LogP contribution in [0.1, 0.15) is 48.9 Å². The van der Waals surface area contributed by atoms with E-state index >= 15 is 0 Å². The maximum absolute atomic E-state index is 5.48. The zero-order chi connectivity index (χ0) is 21.6. The van der Waals surface area contributed by atoms with Gasteiger partial charge in [0.05, 0.1) is 0 Å². The molecule has 156 valence electrons. The molecule has 1 aliphatic rings. The van der Waals surface area contributed by atoms with Crippen molar-refractivity contribution < 1.29 is 0 Å². The van der Waals surface area contributed by atoms with Crippen molar-refractivity contribution in [3.8, 4) is 0 Å². The minimum absolute atomic E-state index is 0.175. The summed E-state index contributed by atoms with van der Waals surface area (Å²) < 4.78 is 1.36. The molecule has 0 saturated carbocycles. The van der Waals surface area contributed by atoms with Crippen LogP contribution in [0.5, 0.6) is 0 Å². The molecule has 0 unspecified atom stereocenters. The van der Waals surface area contributed by atoms with Crippen molar-refractivity contribution >= 4 is 46.8 Å². The number of unbranched alkanes of at least 4 members (excludes halogenated alkanes) is 1. The van der Waals surface area contributed by atoms with Crippen molar-refractivity contribution in [2.75, 3.05) is 0 Å². The number of rotatable bonds is 6. The molecule has 0 N–H and O–H groups in total. The molecule has 0 radical (unpaired) electrons. The Hall–Kier alpha value is -2.41. The normalized spacial score (nSPS) is 14.8. The van der Waals surface area contributed by atoms with E-state index in [-0.39, 0.29) is 5.41 Å². The van der Waals surface area contributed by atoms with E-state index in [1.54, 1.807) is 0 Å². The van der Waals surface area contributed by atoms with Crippen molar-refractivity contribution in [3.05, 3.63) is 89.0 Å². The predicted molar refractivity (Wildman–Crippen MR) is 136 cm³/mol. The molecule has 5 rings (SSSR count). The van der Waals surface area contributed by atoms with Crippen LogP contribution in [-0.4, -0.2) is 19.6 Å². The number of aliphatic imine (C=N–C) groups is 1. The minimum atomic E-state index is -0.175. The van der Waals surface area contributed by atoms with Gasteiger partial charge < -0.3 is 0 Å². The fourth-order valence-electron chi connectivity index (χ4n) is 5.05. The van der Waals surface area contributed by atoms with E-state index in [2.05, 4.69) is 94.4 Å². The number of nitrogens with zero attached hydrogens (tertiary/aromatic N) is 1. The molecule has 0 amide bonds. The molecule has 2 heteroatoms. The van der Waals surface area contributed by atoms with E-state index in [0.717, 1.165) is 5.69 Å². The number of hydrogen-bond acceptors (Lipinski definition) is 1. The third-order valence-corrected chi connectivity index (χ3v) is 9.44. The fraction of sp³-hybridized carbons (Fsp3) is 0.276. The molecule has 4 aromatic carbocycles. The van der Waals surface area contributed by atoms with Gasteiger partial charge >= 0.3 is 192 Å². The van der Waals surface area contributed by atoms with Crippen LogP contribution in [0.4, 0.5) is 5.69 Å². The van der Waals surface area contributed by atoms with Gasteiger partial charge in [-0.15, -0.1) is 0 Å². The summed E-state index contributed by atoms with van der Waals surface area (Å²) in [5, 5.41) is 6.78. The quantitative estimate of drug-likeness (QED) is 0.118. The molecule has 1 aliphatic carbocycles. The molecule has 31 heavy (non-hydrogen) atoms. The van der Waals surface area contributed by atoms with E-state index in [4.69, 9.17) is 4.99 Å². The summed E-state index contributed by atoms with van der Waals surface area (Å²) in [6, 6.07) is 24.7. The first-order chi connectivity index (χ1) is 15.1. The van der Waals surface area contributed by atoms with Gasteiger partial charge in [-0.05, 0) is 0 Å². The number of aryl methyl sites for hydroxylation is 2. The number of benzene rings is 4. The fourth-order valence-corrected chi connectivity index (χ4v) is 7.76. The van der Waals surface area contributed by atoms with Gasteiger partial charge in [0.15, 0.2) is 0 Å². The molecule has 0 heterocycles. The third-order valence-electron chi connectivity index (χ3n) is 6.78. The van der Waals surface area contributed by atoms with Gasteiger partial charge in [0.2, 0.25) is 0 Å².